The maximum atomic E-state index is 12.4. The van der Waals surface area contributed by atoms with Crippen LogP contribution in [0, 0.1) is 6.92 Å². The maximum absolute atomic E-state index is 12.4. The van der Waals surface area contributed by atoms with E-state index >= 15 is 0 Å². The first-order valence-electron chi connectivity index (χ1n) is 9.92. The fourth-order valence-corrected chi connectivity index (χ4v) is 4.46. The molecule has 0 unspecified atom stereocenters. The van der Waals surface area contributed by atoms with Gasteiger partial charge in [-0.3, -0.25) is 9.78 Å². The predicted molar refractivity (Wildman–Crippen MR) is 111 cm³/mol. The van der Waals surface area contributed by atoms with Crippen LogP contribution in [0.2, 0.25) is 0 Å². The molecule has 0 bridgehead atoms. The Kier molecular flexibility index (Phi) is 7.54. The highest BCUT2D eigenvalue weighted by Gasteiger charge is 2.32. The predicted octanol–water partition coefficient (Wildman–Crippen LogP) is 1.40. The van der Waals surface area contributed by atoms with Gasteiger partial charge < -0.3 is 15.2 Å². The third-order valence-corrected chi connectivity index (χ3v) is 6.60. The van der Waals surface area contributed by atoms with Gasteiger partial charge in [-0.1, -0.05) is 17.7 Å². The van der Waals surface area contributed by atoms with Gasteiger partial charge in [-0.05, 0) is 50.5 Å². The van der Waals surface area contributed by atoms with E-state index in [0.717, 1.165) is 5.56 Å². The van der Waals surface area contributed by atoms with Crippen molar-refractivity contribution in [3.05, 3.63) is 59.9 Å². The number of ether oxygens (including phenoxy) is 1. The van der Waals surface area contributed by atoms with Crippen LogP contribution < -0.4 is 10.0 Å². The van der Waals surface area contributed by atoms with E-state index in [1.165, 1.54) is 6.20 Å². The maximum Gasteiger partial charge on any atom is 0.253 e. The summed E-state index contributed by atoms with van der Waals surface area (Å²) in [5.74, 6) is -0.264. The van der Waals surface area contributed by atoms with Gasteiger partial charge in [0, 0.05) is 18.9 Å². The molecule has 1 aliphatic rings. The lowest BCUT2D eigenvalue weighted by Crippen LogP contribution is -2.51. The second-order valence-corrected chi connectivity index (χ2v) is 9.14. The van der Waals surface area contributed by atoms with Crippen molar-refractivity contribution in [3.8, 4) is 0 Å². The summed E-state index contributed by atoms with van der Waals surface area (Å²) in [6.45, 7) is 1.89. The van der Waals surface area contributed by atoms with Crippen LogP contribution in [-0.2, 0) is 14.8 Å². The Labute approximate surface area is 176 Å². The van der Waals surface area contributed by atoms with E-state index in [1.807, 2.05) is 6.92 Å². The summed E-state index contributed by atoms with van der Waals surface area (Å²) in [6, 6.07) is 9.70. The average molecular weight is 434 g/mol. The van der Waals surface area contributed by atoms with Crippen molar-refractivity contribution < 1.29 is 23.1 Å². The summed E-state index contributed by atoms with van der Waals surface area (Å²) in [4.78, 5) is 16.5. The van der Waals surface area contributed by atoms with Gasteiger partial charge >= 0.3 is 0 Å². The minimum absolute atomic E-state index is 0.200. The zero-order valence-electron chi connectivity index (χ0n) is 16.8. The molecule has 3 atom stereocenters. The van der Waals surface area contributed by atoms with Crippen LogP contribution in [0.1, 0.15) is 35.2 Å². The van der Waals surface area contributed by atoms with E-state index in [-0.39, 0.29) is 36.1 Å². The third-order valence-electron chi connectivity index (χ3n) is 5.13. The molecule has 0 saturated carbocycles. The van der Waals surface area contributed by atoms with Crippen molar-refractivity contribution in [3.63, 3.8) is 0 Å². The van der Waals surface area contributed by atoms with E-state index in [0.29, 0.717) is 24.8 Å². The molecule has 1 aliphatic heterocycles. The lowest BCUT2D eigenvalue weighted by Gasteiger charge is -2.36. The first-order chi connectivity index (χ1) is 14.4. The van der Waals surface area contributed by atoms with E-state index in [9.17, 15) is 18.3 Å². The zero-order valence-corrected chi connectivity index (χ0v) is 17.6. The molecule has 1 aromatic heterocycles. The molecule has 3 N–H and O–H groups in total. The number of aromatic nitrogens is 1. The highest BCUT2D eigenvalue weighted by Crippen LogP contribution is 2.22. The van der Waals surface area contributed by atoms with Crippen LogP contribution in [0.4, 0.5) is 0 Å². The topological polar surface area (TPSA) is 118 Å². The van der Waals surface area contributed by atoms with E-state index < -0.39 is 16.1 Å². The fraction of sp³-hybridized carbons (Fsp3) is 0.429. The van der Waals surface area contributed by atoms with Gasteiger partial charge in [0.25, 0.3) is 5.91 Å². The molecule has 8 nitrogen and oxygen atoms in total. The Morgan fingerprint density at radius 1 is 1.23 bits per heavy atom. The summed E-state index contributed by atoms with van der Waals surface area (Å²) < 4.78 is 33.2. The molecule has 1 amide bonds. The highest BCUT2D eigenvalue weighted by atomic mass is 32.2. The van der Waals surface area contributed by atoms with Crippen LogP contribution >= 0.6 is 0 Å². The lowest BCUT2D eigenvalue weighted by molar-refractivity contribution is -0.0891. The van der Waals surface area contributed by atoms with Crippen molar-refractivity contribution in [1.29, 1.82) is 0 Å². The number of aliphatic hydroxyl groups is 1. The molecular weight excluding hydrogens is 406 g/mol. The number of benzene rings is 1. The minimum Gasteiger partial charge on any atom is -0.394 e. The van der Waals surface area contributed by atoms with Gasteiger partial charge in [-0.15, -0.1) is 0 Å². The monoisotopic (exact) mass is 433 g/mol. The molecule has 30 heavy (non-hydrogen) atoms. The number of nitrogens with zero attached hydrogens (tertiary/aromatic N) is 1. The molecule has 0 spiro atoms. The SMILES string of the molecule is Cc1ccc(S(=O)(=O)NCC[C@@H]2CC[C@@H](NC(=O)c3cccnc3)[C@@H](CO)O2)cc1. The van der Waals surface area contributed by atoms with Gasteiger partial charge in [-0.25, -0.2) is 13.1 Å². The van der Waals surface area contributed by atoms with Crippen molar-refractivity contribution in [2.45, 2.75) is 49.3 Å². The van der Waals surface area contributed by atoms with E-state index in [2.05, 4.69) is 15.0 Å². The number of sulfonamides is 1. The van der Waals surface area contributed by atoms with Gasteiger partial charge in [0.1, 0.15) is 6.10 Å². The standard InChI is InChI=1S/C21H27N3O5S/c1-15-4-7-18(8-5-15)30(27,28)23-12-10-17-6-9-19(20(14-25)29-17)24-21(26)16-3-2-11-22-13-16/h2-5,7-8,11,13,17,19-20,23,25H,6,9-10,12,14H2,1H3,(H,24,26)/t17-,19+,20+/m0/s1. The third kappa shape index (κ3) is 5.85. The van der Waals surface area contributed by atoms with E-state index in [4.69, 9.17) is 4.74 Å². The first kappa shape index (κ1) is 22.4. The van der Waals surface area contributed by atoms with E-state index in [1.54, 1.807) is 42.6 Å². The van der Waals surface area contributed by atoms with Crippen molar-refractivity contribution in [2.75, 3.05) is 13.2 Å². The number of hydrogen-bond acceptors (Lipinski definition) is 6. The molecule has 162 valence electrons. The molecule has 2 heterocycles. The summed E-state index contributed by atoms with van der Waals surface area (Å²) >= 11 is 0. The molecule has 1 saturated heterocycles. The average Bonchev–Trinajstić information content (AvgIpc) is 2.75. The molecular formula is C21H27N3O5S. The Balaban J connectivity index is 1.49. The molecule has 0 radical (unpaired) electrons. The summed E-state index contributed by atoms with van der Waals surface area (Å²) in [5, 5.41) is 12.6. The normalized spacial score (nSPS) is 21.9. The number of amides is 1. The lowest BCUT2D eigenvalue weighted by atomic mass is 9.97. The number of rotatable bonds is 8. The number of pyridine rings is 1. The zero-order chi connectivity index (χ0) is 21.6. The highest BCUT2D eigenvalue weighted by molar-refractivity contribution is 7.89. The largest absolute Gasteiger partial charge is 0.394 e. The van der Waals surface area contributed by atoms with Crippen LogP contribution in [0.3, 0.4) is 0 Å². The van der Waals surface area contributed by atoms with Crippen LogP contribution in [0.25, 0.3) is 0 Å². The molecule has 0 aliphatic carbocycles. The minimum atomic E-state index is -3.57. The fourth-order valence-electron chi connectivity index (χ4n) is 3.41. The smallest absolute Gasteiger partial charge is 0.253 e. The summed E-state index contributed by atoms with van der Waals surface area (Å²) in [7, 11) is -3.57. The van der Waals surface area contributed by atoms with Gasteiger partial charge in [0.15, 0.2) is 0 Å². The Morgan fingerprint density at radius 2 is 2.00 bits per heavy atom. The quantitative estimate of drug-likeness (QED) is 0.579. The Morgan fingerprint density at radius 3 is 2.67 bits per heavy atom. The second-order valence-electron chi connectivity index (χ2n) is 7.38. The van der Waals surface area contributed by atoms with Crippen LogP contribution in [0.15, 0.2) is 53.7 Å². The van der Waals surface area contributed by atoms with Crippen molar-refractivity contribution >= 4 is 15.9 Å². The molecule has 3 rings (SSSR count). The van der Waals surface area contributed by atoms with Crippen LogP contribution in [-0.4, -0.2) is 55.8 Å². The number of aliphatic hydroxyl groups excluding tert-OH is 1. The molecule has 2 aromatic rings. The van der Waals surface area contributed by atoms with Crippen molar-refractivity contribution in [1.82, 2.24) is 15.0 Å². The van der Waals surface area contributed by atoms with Gasteiger partial charge in [0.2, 0.25) is 10.0 Å². The number of nitrogens with one attached hydrogen (secondary N) is 2. The Hall–Kier alpha value is -2.33. The number of aryl methyl sites for hydroxylation is 1. The van der Waals surface area contributed by atoms with Crippen LogP contribution in [0.5, 0.6) is 0 Å². The van der Waals surface area contributed by atoms with Gasteiger partial charge in [0.05, 0.1) is 29.2 Å². The van der Waals surface area contributed by atoms with Crippen molar-refractivity contribution in [2.24, 2.45) is 0 Å². The van der Waals surface area contributed by atoms with Gasteiger partial charge in [-0.2, -0.15) is 0 Å². The molecule has 9 heteroatoms. The summed E-state index contributed by atoms with van der Waals surface area (Å²) in [5.41, 5.74) is 1.44. The summed E-state index contributed by atoms with van der Waals surface area (Å²) in [6.07, 6.45) is 4.09. The second kappa shape index (κ2) is 10.1. The first-order valence-corrected chi connectivity index (χ1v) is 11.4. The number of carbonyl (C=O) groups excluding carboxylic acids is 1. The molecule has 1 fully saturated rings. The molecule has 1 aromatic carbocycles. The Bertz CT molecular complexity index is 935. The number of carbonyl (C=O) groups is 1. The number of hydrogen-bond donors (Lipinski definition) is 3.